The molecule has 0 bridgehead atoms. The van der Waals surface area contributed by atoms with Crippen LogP contribution in [0.4, 0.5) is 0 Å². The molecule has 0 aromatic heterocycles. The normalized spacial score (nSPS) is 15.9. The maximum absolute atomic E-state index is 12.7. The second kappa shape index (κ2) is 9.48. The van der Waals surface area contributed by atoms with E-state index < -0.39 is 21.6 Å². The predicted molar refractivity (Wildman–Crippen MR) is 101 cm³/mol. The van der Waals surface area contributed by atoms with Gasteiger partial charge in [0.1, 0.15) is 5.66 Å². The molecule has 24 heavy (non-hydrogen) atoms. The van der Waals surface area contributed by atoms with E-state index in [9.17, 15) is 9.36 Å². The molecular formula is C16H36NO5PSi. The van der Waals surface area contributed by atoms with Crippen LogP contribution in [0.3, 0.4) is 0 Å². The van der Waals surface area contributed by atoms with Crippen LogP contribution in [0.15, 0.2) is 0 Å². The molecule has 8 heteroatoms. The molecule has 1 N–H and O–H groups in total. The Morgan fingerprint density at radius 2 is 1.58 bits per heavy atom. The van der Waals surface area contributed by atoms with E-state index in [4.69, 9.17) is 13.5 Å². The molecule has 0 saturated carbocycles. The Morgan fingerprint density at radius 1 is 1.12 bits per heavy atom. The van der Waals surface area contributed by atoms with E-state index in [2.05, 4.69) is 39.2 Å². The molecule has 0 aliphatic heterocycles. The van der Waals surface area contributed by atoms with E-state index in [0.717, 1.165) is 0 Å². The third-order valence-corrected chi connectivity index (χ3v) is 11.3. The van der Waals surface area contributed by atoms with Gasteiger partial charge in [-0.25, -0.2) is 0 Å². The maximum atomic E-state index is 12.7. The monoisotopic (exact) mass is 381 g/mol. The van der Waals surface area contributed by atoms with Crippen molar-refractivity contribution in [2.45, 2.75) is 78.3 Å². The van der Waals surface area contributed by atoms with Crippen molar-refractivity contribution in [3.63, 3.8) is 0 Å². The van der Waals surface area contributed by atoms with Gasteiger partial charge >= 0.3 is 7.60 Å². The fourth-order valence-electron chi connectivity index (χ4n) is 1.72. The van der Waals surface area contributed by atoms with E-state index in [1.54, 1.807) is 20.8 Å². The van der Waals surface area contributed by atoms with E-state index in [-0.39, 0.29) is 30.2 Å². The van der Waals surface area contributed by atoms with Gasteiger partial charge in [-0.2, -0.15) is 0 Å². The third kappa shape index (κ3) is 6.96. The fraction of sp³-hybridized carbons (Fsp3) is 0.938. The van der Waals surface area contributed by atoms with Crippen molar-refractivity contribution in [2.24, 2.45) is 0 Å². The van der Waals surface area contributed by atoms with E-state index >= 15 is 0 Å². The highest BCUT2D eigenvalue weighted by molar-refractivity contribution is 7.55. The van der Waals surface area contributed by atoms with Crippen molar-refractivity contribution >= 4 is 21.8 Å². The Bertz CT molecular complexity index is 440. The number of hydrogen-bond acceptors (Lipinski definition) is 5. The Labute approximate surface area is 148 Å². The number of carbonyl (C=O) groups excluding carboxylic acids is 1. The molecule has 0 aromatic carbocycles. The number of carbonyl (C=O) groups is 1. The SMILES string of the molecule is CCOP(=O)(OCC)C(C)C(=O)N[C@@H](C)CO[Si](C)(C)C(C)(C)C. The summed E-state index contributed by atoms with van der Waals surface area (Å²) in [5, 5.41) is 2.97. The predicted octanol–water partition coefficient (Wildman–Crippen LogP) is 4.17. The van der Waals surface area contributed by atoms with Crippen LogP contribution in [-0.2, 0) is 22.8 Å². The molecule has 1 unspecified atom stereocenters. The molecule has 0 rings (SSSR count). The summed E-state index contributed by atoms with van der Waals surface area (Å²) >= 11 is 0. The highest BCUT2D eigenvalue weighted by Gasteiger charge is 2.39. The summed E-state index contributed by atoms with van der Waals surface area (Å²) in [5.41, 5.74) is -0.854. The lowest BCUT2D eigenvalue weighted by molar-refractivity contribution is -0.121. The van der Waals surface area contributed by atoms with Gasteiger partial charge in [-0.1, -0.05) is 20.8 Å². The van der Waals surface area contributed by atoms with E-state index in [0.29, 0.717) is 6.61 Å². The van der Waals surface area contributed by atoms with Gasteiger partial charge in [0.2, 0.25) is 5.91 Å². The Morgan fingerprint density at radius 3 is 1.96 bits per heavy atom. The van der Waals surface area contributed by atoms with E-state index in [1.807, 2.05) is 6.92 Å². The van der Waals surface area contributed by atoms with Crippen molar-refractivity contribution in [2.75, 3.05) is 19.8 Å². The molecule has 0 heterocycles. The third-order valence-electron chi connectivity index (χ3n) is 4.36. The van der Waals surface area contributed by atoms with Gasteiger partial charge in [0.15, 0.2) is 8.32 Å². The first-order valence-electron chi connectivity index (χ1n) is 8.63. The molecule has 6 nitrogen and oxygen atoms in total. The second-order valence-corrected chi connectivity index (χ2v) is 14.7. The van der Waals surface area contributed by atoms with Crippen LogP contribution in [0.2, 0.25) is 18.1 Å². The summed E-state index contributed by atoms with van der Waals surface area (Å²) in [5.74, 6) is -0.341. The molecule has 0 aliphatic rings. The average Bonchev–Trinajstić information content (AvgIpc) is 2.43. The van der Waals surface area contributed by atoms with Crippen molar-refractivity contribution in [3.05, 3.63) is 0 Å². The summed E-state index contributed by atoms with van der Waals surface area (Å²) < 4.78 is 29.2. The number of hydrogen-bond donors (Lipinski definition) is 1. The van der Waals surface area contributed by atoms with Gasteiger partial charge in [-0.05, 0) is 45.8 Å². The van der Waals surface area contributed by atoms with Crippen LogP contribution in [0.1, 0.15) is 48.5 Å². The van der Waals surface area contributed by atoms with Gasteiger partial charge in [0, 0.05) is 6.04 Å². The first kappa shape index (κ1) is 23.8. The second-order valence-electron chi connectivity index (χ2n) is 7.53. The minimum Gasteiger partial charge on any atom is -0.415 e. The molecule has 144 valence electrons. The van der Waals surface area contributed by atoms with Crippen LogP contribution >= 0.6 is 7.60 Å². The van der Waals surface area contributed by atoms with Crippen LogP contribution < -0.4 is 5.32 Å². The zero-order chi connectivity index (χ0) is 19.2. The van der Waals surface area contributed by atoms with Crippen molar-refractivity contribution < 1.29 is 22.8 Å². The van der Waals surface area contributed by atoms with Crippen molar-refractivity contribution in [1.82, 2.24) is 5.32 Å². The molecule has 1 amide bonds. The van der Waals surface area contributed by atoms with Gasteiger partial charge in [-0.15, -0.1) is 0 Å². The standard InChI is InChI=1S/C16H36NO5PSi/c1-10-20-23(19,21-11-2)14(4)15(18)17-13(3)12-22-24(8,9)16(5,6)7/h13-14H,10-12H2,1-9H3,(H,17,18)/t13-,14?/m0/s1. The molecule has 0 fully saturated rings. The Balaban J connectivity index is 4.72. The van der Waals surface area contributed by atoms with Gasteiger partial charge in [-0.3, -0.25) is 9.36 Å². The minimum absolute atomic E-state index is 0.115. The minimum atomic E-state index is -3.44. The van der Waals surface area contributed by atoms with Crippen LogP contribution in [-0.4, -0.2) is 45.7 Å². The molecule has 0 spiro atoms. The molecular weight excluding hydrogens is 345 g/mol. The summed E-state index contributed by atoms with van der Waals surface area (Å²) in [6.07, 6.45) is 0. The summed E-state index contributed by atoms with van der Waals surface area (Å²) in [6.45, 7) is 18.7. The largest absolute Gasteiger partial charge is 0.415 e. The lowest BCUT2D eigenvalue weighted by Crippen LogP contribution is -2.46. The number of rotatable bonds is 10. The molecule has 0 saturated heterocycles. The first-order valence-corrected chi connectivity index (χ1v) is 13.2. The van der Waals surface area contributed by atoms with Crippen molar-refractivity contribution in [3.8, 4) is 0 Å². The lowest BCUT2D eigenvalue weighted by atomic mass is 10.2. The van der Waals surface area contributed by atoms with Gasteiger partial charge in [0.05, 0.1) is 19.8 Å². The van der Waals surface area contributed by atoms with Crippen LogP contribution in [0, 0.1) is 0 Å². The summed E-state index contributed by atoms with van der Waals surface area (Å²) in [6, 6.07) is -0.175. The average molecular weight is 382 g/mol. The van der Waals surface area contributed by atoms with E-state index in [1.165, 1.54) is 0 Å². The molecule has 2 atom stereocenters. The summed E-state index contributed by atoms with van der Waals surface area (Å²) in [7, 11) is -5.31. The zero-order valence-corrected chi connectivity index (χ0v) is 18.7. The molecule has 0 aromatic rings. The maximum Gasteiger partial charge on any atom is 0.342 e. The Hall–Kier alpha value is -0.203. The van der Waals surface area contributed by atoms with Crippen molar-refractivity contribution in [1.29, 1.82) is 0 Å². The van der Waals surface area contributed by atoms with Gasteiger partial charge < -0.3 is 18.8 Å². The summed E-state index contributed by atoms with van der Waals surface area (Å²) in [4.78, 5) is 12.4. The lowest BCUT2D eigenvalue weighted by Gasteiger charge is -2.37. The zero-order valence-electron chi connectivity index (χ0n) is 16.8. The highest BCUT2D eigenvalue weighted by Crippen LogP contribution is 2.52. The van der Waals surface area contributed by atoms with Gasteiger partial charge in [0.25, 0.3) is 0 Å². The molecule has 0 radical (unpaired) electrons. The number of amides is 1. The quantitative estimate of drug-likeness (QED) is 0.454. The van der Waals surface area contributed by atoms with Crippen LogP contribution in [0.25, 0.3) is 0 Å². The highest BCUT2D eigenvalue weighted by atomic mass is 31.2. The first-order chi connectivity index (χ1) is 10.8. The fourth-order valence-corrected chi connectivity index (χ4v) is 4.42. The Kier molecular flexibility index (Phi) is 9.40. The number of nitrogens with one attached hydrogen (secondary N) is 1. The van der Waals surface area contributed by atoms with Crippen LogP contribution in [0.5, 0.6) is 0 Å². The topological polar surface area (TPSA) is 73.9 Å². The smallest absolute Gasteiger partial charge is 0.342 e. The molecule has 0 aliphatic carbocycles.